The van der Waals surface area contributed by atoms with Crippen molar-refractivity contribution in [3.8, 4) is 11.8 Å². The smallest absolute Gasteiger partial charge is 0.198 e. The minimum Gasteiger partial charge on any atom is -0.494 e. The Hall–Kier alpha value is -3.81. The molecule has 0 amide bonds. The molecule has 1 fully saturated rings. The van der Waals surface area contributed by atoms with E-state index in [1.54, 1.807) is 16.8 Å². The zero-order valence-corrected chi connectivity index (χ0v) is 16.4. The van der Waals surface area contributed by atoms with E-state index in [-0.39, 0.29) is 17.8 Å². The Morgan fingerprint density at radius 2 is 2.03 bits per heavy atom. The van der Waals surface area contributed by atoms with Crippen molar-refractivity contribution < 1.29 is 10.2 Å². The molecule has 0 saturated heterocycles. The summed E-state index contributed by atoms with van der Waals surface area (Å²) in [5, 5.41) is 28.2. The summed E-state index contributed by atoms with van der Waals surface area (Å²) in [6.45, 7) is 2.09. The Morgan fingerprint density at radius 1 is 1.23 bits per heavy atom. The van der Waals surface area contributed by atoms with Crippen LogP contribution in [0.3, 0.4) is 0 Å². The molecule has 1 atom stereocenters. The number of fused-ring (bicyclic) bond motifs is 1. The molecule has 3 aromatic heterocycles. The minimum absolute atomic E-state index is 0.0657. The van der Waals surface area contributed by atoms with Gasteiger partial charge in [0.2, 0.25) is 0 Å². The molecule has 8 heteroatoms. The number of aromatic nitrogens is 4. The highest BCUT2D eigenvalue weighted by Crippen LogP contribution is 2.23. The predicted molar refractivity (Wildman–Crippen MR) is 113 cm³/mol. The number of anilines is 1. The Bertz CT molecular complexity index is 1320. The fourth-order valence-electron chi connectivity index (χ4n) is 3.39. The van der Waals surface area contributed by atoms with Gasteiger partial charge in [-0.1, -0.05) is 30.3 Å². The van der Waals surface area contributed by atoms with Gasteiger partial charge in [-0.2, -0.15) is 9.61 Å². The Morgan fingerprint density at radius 3 is 2.73 bits per heavy atom. The Kier molecular flexibility index (Phi) is 4.39. The molecule has 152 valence electrons. The number of nitrogens with one attached hydrogen (secondary N) is 2. The van der Waals surface area contributed by atoms with Crippen LogP contribution in [-0.4, -0.2) is 35.8 Å². The van der Waals surface area contributed by atoms with E-state index >= 15 is 0 Å². The Balaban J connectivity index is 1.62. The molecule has 5 rings (SSSR count). The highest BCUT2D eigenvalue weighted by Gasteiger charge is 2.20. The zero-order valence-electron chi connectivity index (χ0n) is 16.4. The fraction of sp³-hybridized carbons (Fsp3) is 0.227. The summed E-state index contributed by atoms with van der Waals surface area (Å²) in [5.41, 5.74) is 2.99. The van der Waals surface area contributed by atoms with Gasteiger partial charge >= 0.3 is 0 Å². The maximum atomic E-state index is 9.96. The average molecular weight is 402 g/mol. The SMILES string of the molecule is C[C@H](Nc1cc(=NC2CC2)n2ncc(=Cc3cc(O)[nH]c3O)c2n1)c1ccccc1. The first-order valence-electron chi connectivity index (χ1n) is 9.93. The van der Waals surface area contributed by atoms with Crippen LogP contribution in [0.1, 0.15) is 36.9 Å². The molecule has 1 aromatic carbocycles. The highest BCUT2D eigenvalue weighted by molar-refractivity contribution is 5.62. The number of rotatable bonds is 5. The van der Waals surface area contributed by atoms with Gasteiger partial charge in [0.25, 0.3) is 0 Å². The summed E-state index contributed by atoms with van der Waals surface area (Å²) < 4.78 is 1.71. The van der Waals surface area contributed by atoms with Crippen LogP contribution < -0.4 is 16.0 Å². The van der Waals surface area contributed by atoms with Crippen LogP contribution in [0.2, 0.25) is 0 Å². The van der Waals surface area contributed by atoms with E-state index in [4.69, 9.17) is 9.98 Å². The normalized spacial score (nSPS) is 16.3. The lowest BCUT2D eigenvalue weighted by Gasteiger charge is -2.15. The molecule has 4 aromatic rings. The predicted octanol–water partition coefficient (Wildman–Crippen LogP) is 2.25. The molecule has 0 spiro atoms. The lowest BCUT2D eigenvalue weighted by molar-refractivity contribution is 0.425. The molecule has 1 saturated carbocycles. The maximum Gasteiger partial charge on any atom is 0.198 e. The van der Waals surface area contributed by atoms with Gasteiger partial charge in [-0.15, -0.1) is 0 Å². The Labute approximate surface area is 172 Å². The molecule has 8 nitrogen and oxygen atoms in total. The third-order valence-corrected chi connectivity index (χ3v) is 5.13. The lowest BCUT2D eigenvalue weighted by atomic mass is 10.1. The largest absolute Gasteiger partial charge is 0.494 e. The minimum atomic E-state index is -0.110. The number of hydrogen-bond acceptors (Lipinski definition) is 6. The van der Waals surface area contributed by atoms with Crippen molar-refractivity contribution >= 4 is 17.5 Å². The number of hydrogen-bond donors (Lipinski definition) is 4. The van der Waals surface area contributed by atoms with Crippen LogP contribution in [0.5, 0.6) is 11.8 Å². The summed E-state index contributed by atoms with van der Waals surface area (Å²) >= 11 is 0. The van der Waals surface area contributed by atoms with Crippen molar-refractivity contribution in [1.29, 1.82) is 0 Å². The molecule has 30 heavy (non-hydrogen) atoms. The number of aromatic hydroxyl groups is 2. The molecule has 1 aliphatic rings. The topological polar surface area (TPSA) is 111 Å². The van der Waals surface area contributed by atoms with Gasteiger partial charge < -0.3 is 15.5 Å². The average Bonchev–Trinajstić information content (AvgIpc) is 3.37. The third-order valence-electron chi connectivity index (χ3n) is 5.13. The molecule has 0 bridgehead atoms. The van der Waals surface area contributed by atoms with E-state index in [9.17, 15) is 10.2 Å². The molecule has 3 heterocycles. The number of benzene rings is 1. The van der Waals surface area contributed by atoms with E-state index in [1.807, 2.05) is 24.3 Å². The van der Waals surface area contributed by atoms with E-state index < -0.39 is 0 Å². The zero-order chi connectivity index (χ0) is 20.7. The van der Waals surface area contributed by atoms with E-state index in [0.29, 0.717) is 28.3 Å². The van der Waals surface area contributed by atoms with Gasteiger partial charge in [0, 0.05) is 29.0 Å². The molecule has 0 unspecified atom stereocenters. The highest BCUT2D eigenvalue weighted by atomic mass is 16.3. The summed E-state index contributed by atoms with van der Waals surface area (Å²) in [7, 11) is 0. The molecule has 1 aliphatic carbocycles. The van der Waals surface area contributed by atoms with Crippen molar-refractivity contribution in [1.82, 2.24) is 19.6 Å². The van der Waals surface area contributed by atoms with Crippen LogP contribution in [-0.2, 0) is 0 Å². The van der Waals surface area contributed by atoms with Gasteiger partial charge in [0.1, 0.15) is 5.82 Å². The molecule has 4 N–H and O–H groups in total. The van der Waals surface area contributed by atoms with Crippen LogP contribution in [0.15, 0.2) is 53.7 Å². The first-order chi connectivity index (χ1) is 14.6. The third kappa shape index (κ3) is 3.59. The van der Waals surface area contributed by atoms with Crippen molar-refractivity contribution in [2.45, 2.75) is 31.8 Å². The van der Waals surface area contributed by atoms with Gasteiger partial charge in [-0.3, -0.25) is 9.98 Å². The number of H-pyrrole nitrogens is 1. The number of nitrogens with zero attached hydrogens (tertiary/aromatic N) is 4. The molecular formula is C22H22N6O2. The summed E-state index contributed by atoms with van der Waals surface area (Å²) in [4.78, 5) is 12.0. The van der Waals surface area contributed by atoms with Crippen molar-refractivity contribution in [3.05, 3.63) is 70.5 Å². The fourth-order valence-corrected chi connectivity index (χ4v) is 3.39. The van der Waals surface area contributed by atoms with Gasteiger partial charge in [0.15, 0.2) is 22.9 Å². The maximum absolute atomic E-state index is 9.96. The van der Waals surface area contributed by atoms with Gasteiger partial charge in [-0.05, 0) is 31.4 Å². The first kappa shape index (κ1) is 18.2. The quantitative estimate of drug-likeness (QED) is 0.409. The summed E-state index contributed by atoms with van der Waals surface area (Å²) in [5.74, 6) is 0.489. The second-order valence-electron chi connectivity index (χ2n) is 7.57. The van der Waals surface area contributed by atoms with Crippen molar-refractivity contribution in [2.24, 2.45) is 4.99 Å². The number of aromatic amines is 1. The lowest BCUT2D eigenvalue weighted by Crippen LogP contribution is -2.21. The van der Waals surface area contributed by atoms with Crippen molar-refractivity contribution in [3.63, 3.8) is 0 Å². The molecular weight excluding hydrogens is 380 g/mol. The van der Waals surface area contributed by atoms with Crippen LogP contribution in [0, 0.1) is 0 Å². The monoisotopic (exact) mass is 402 g/mol. The van der Waals surface area contributed by atoms with Crippen LogP contribution in [0.25, 0.3) is 11.7 Å². The van der Waals surface area contributed by atoms with E-state index in [1.165, 1.54) is 6.07 Å². The second-order valence-corrected chi connectivity index (χ2v) is 7.57. The van der Waals surface area contributed by atoms with E-state index in [2.05, 4.69) is 34.5 Å². The molecule has 0 radical (unpaired) electrons. The summed E-state index contributed by atoms with van der Waals surface area (Å²) in [6, 6.07) is 13.9. The van der Waals surface area contributed by atoms with Gasteiger partial charge in [-0.25, -0.2) is 4.98 Å². The summed E-state index contributed by atoms with van der Waals surface area (Å²) in [6.07, 6.45) is 5.59. The van der Waals surface area contributed by atoms with Gasteiger partial charge in [0.05, 0.1) is 12.2 Å². The standard InChI is InChI=1S/C22H22N6O2/c1-13(14-5-3-2-4-6-14)24-18-11-19(25-17-7-8-17)28-21(26-18)16(12-23-28)9-15-10-20(29)27-22(15)30/h2-6,9-13,17,24,27,29-30H,7-8H2,1H3/t13-/m0/s1. The van der Waals surface area contributed by atoms with Crippen LogP contribution in [0.4, 0.5) is 5.82 Å². The van der Waals surface area contributed by atoms with Crippen molar-refractivity contribution in [2.75, 3.05) is 5.32 Å². The van der Waals surface area contributed by atoms with E-state index in [0.717, 1.165) is 23.9 Å². The molecule has 0 aliphatic heterocycles. The van der Waals surface area contributed by atoms with Crippen LogP contribution >= 0.6 is 0 Å². The second kappa shape index (κ2) is 7.22. The first-order valence-corrected chi connectivity index (χ1v) is 9.93.